The summed E-state index contributed by atoms with van der Waals surface area (Å²) in [5.74, 6) is 0.868. The summed E-state index contributed by atoms with van der Waals surface area (Å²) in [6.45, 7) is 2.37. The van der Waals surface area contributed by atoms with Crippen molar-refractivity contribution in [2.45, 2.75) is 18.3 Å². The van der Waals surface area contributed by atoms with E-state index >= 15 is 0 Å². The van der Waals surface area contributed by atoms with Gasteiger partial charge in [-0.2, -0.15) is 0 Å². The Kier molecular flexibility index (Phi) is 2.56. The first-order valence-electron chi connectivity index (χ1n) is 3.29. The minimum absolute atomic E-state index is 0.0359. The Morgan fingerprint density at radius 1 is 1.90 bits per heavy atom. The molecule has 0 saturated carbocycles. The average molecular weight is 161 g/mol. The lowest BCUT2D eigenvalue weighted by molar-refractivity contribution is -0.122. The van der Waals surface area contributed by atoms with Crippen molar-refractivity contribution in [3.63, 3.8) is 0 Å². The van der Waals surface area contributed by atoms with Crippen molar-refractivity contribution in [1.29, 1.82) is 0 Å². The highest BCUT2D eigenvalue weighted by molar-refractivity contribution is 8.00. The summed E-state index contributed by atoms with van der Waals surface area (Å²) in [4.78, 5) is 10.9. The molecule has 2 atom stereocenters. The molecule has 1 aliphatic rings. The molecule has 1 heterocycles. The quantitative estimate of drug-likeness (QED) is 0.550. The molecular weight excluding hydrogens is 150 g/mol. The van der Waals surface area contributed by atoms with Crippen LogP contribution in [-0.2, 0) is 4.79 Å². The first-order chi connectivity index (χ1) is 4.72. The molecule has 4 heteroatoms. The molecule has 1 rings (SSSR count). The van der Waals surface area contributed by atoms with E-state index in [-0.39, 0.29) is 11.2 Å². The average Bonchev–Trinajstić information content (AvgIpc) is 1.88. The van der Waals surface area contributed by atoms with Gasteiger partial charge >= 0.3 is 0 Å². The van der Waals surface area contributed by atoms with Crippen molar-refractivity contribution in [3.05, 3.63) is 0 Å². The summed E-state index contributed by atoms with van der Waals surface area (Å²) < 4.78 is 0. The van der Waals surface area contributed by atoms with E-state index in [0.29, 0.717) is 0 Å². The Hall–Kier alpha value is -0.220. The third-order valence-electron chi connectivity index (χ3n) is 1.40. The van der Waals surface area contributed by atoms with Gasteiger partial charge in [-0.05, 0) is 6.92 Å². The molecule has 0 unspecified atom stereocenters. The van der Waals surface area contributed by atoms with Gasteiger partial charge in [-0.1, -0.05) is 0 Å². The number of amides is 1. The normalized spacial score (nSPS) is 29.4. The molecule has 0 aromatic heterocycles. The van der Waals surface area contributed by atoms with E-state index in [1.165, 1.54) is 11.8 Å². The number of aliphatic hydroxyl groups is 1. The molecule has 1 saturated heterocycles. The molecule has 1 aliphatic heterocycles. The molecule has 0 spiro atoms. The van der Waals surface area contributed by atoms with Gasteiger partial charge in [0.1, 0.15) is 5.25 Å². The van der Waals surface area contributed by atoms with Crippen LogP contribution in [0.5, 0.6) is 0 Å². The van der Waals surface area contributed by atoms with Crippen molar-refractivity contribution in [2.75, 3.05) is 12.3 Å². The maximum atomic E-state index is 10.9. The SMILES string of the molecule is C[C@@H](O)[C@H]1SCCNC1=O. The maximum Gasteiger partial charge on any atom is 0.235 e. The van der Waals surface area contributed by atoms with Gasteiger partial charge in [0.2, 0.25) is 5.91 Å². The fourth-order valence-electron chi connectivity index (χ4n) is 0.895. The van der Waals surface area contributed by atoms with Crippen molar-refractivity contribution < 1.29 is 9.90 Å². The van der Waals surface area contributed by atoms with E-state index in [0.717, 1.165) is 12.3 Å². The van der Waals surface area contributed by atoms with E-state index in [1.54, 1.807) is 6.92 Å². The Labute approximate surface area is 64.2 Å². The van der Waals surface area contributed by atoms with E-state index in [4.69, 9.17) is 5.11 Å². The number of carbonyl (C=O) groups is 1. The number of thioether (sulfide) groups is 1. The Morgan fingerprint density at radius 3 is 3.00 bits per heavy atom. The molecule has 2 N–H and O–H groups in total. The van der Waals surface area contributed by atoms with Crippen LogP contribution in [0.1, 0.15) is 6.92 Å². The molecule has 0 radical (unpaired) electrons. The number of rotatable bonds is 1. The second-order valence-electron chi connectivity index (χ2n) is 2.32. The first kappa shape index (κ1) is 7.88. The molecule has 1 amide bonds. The summed E-state index contributed by atoms with van der Waals surface area (Å²) in [7, 11) is 0. The third-order valence-corrected chi connectivity index (χ3v) is 2.80. The van der Waals surface area contributed by atoms with Crippen molar-refractivity contribution in [3.8, 4) is 0 Å². The number of hydrogen-bond acceptors (Lipinski definition) is 3. The topological polar surface area (TPSA) is 49.3 Å². The van der Waals surface area contributed by atoms with Gasteiger partial charge in [0, 0.05) is 12.3 Å². The van der Waals surface area contributed by atoms with Crippen LogP contribution in [0.3, 0.4) is 0 Å². The van der Waals surface area contributed by atoms with Gasteiger partial charge in [-0.15, -0.1) is 11.8 Å². The molecule has 58 valence electrons. The summed E-state index contributed by atoms with van der Waals surface area (Å²) in [5.41, 5.74) is 0. The summed E-state index contributed by atoms with van der Waals surface area (Å²) in [6.07, 6.45) is -0.537. The monoisotopic (exact) mass is 161 g/mol. The predicted molar refractivity (Wildman–Crippen MR) is 40.9 cm³/mol. The van der Waals surface area contributed by atoms with Crippen LogP contribution in [0.2, 0.25) is 0 Å². The molecular formula is C6H11NO2S. The smallest absolute Gasteiger partial charge is 0.235 e. The van der Waals surface area contributed by atoms with Crippen LogP contribution in [0.15, 0.2) is 0 Å². The second kappa shape index (κ2) is 3.25. The zero-order chi connectivity index (χ0) is 7.56. The highest BCUT2D eigenvalue weighted by Gasteiger charge is 2.26. The number of hydrogen-bond donors (Lipinski definition) is 2. The van der Waals surface area contributed by atoms with Crippen molar-refractivity contribution in [1.82, 2.24) is 5.32 Å². The maximum absolute atomic E-state index is 10.9. The van der Waals surface area contributed by atoms with E-state index in [2.05, 4.69) is 5.32 Å². The first-order valence-corrected chi connectivity index (χ1v) is 4.34. The summed E-state index contributed by atoms with van der Waals surface area (Å²) in [5, 5.41) is 11.5. The van der Waals surface area contributed by atoms with Gasteiger partial charge in [0.05, 0.1) is 6.10 Å². The number of nitrogens with one attached hydrogen (secondary N) is 1. The molecule has 0 aromatic carbocycles. The fraction of sp³-hybridized carbons (Fsp3) is 0.833. The van der Waals surface area contributed by atoms with Crippen LogP contribution in [0, 0.1) is 0 Å². The molecule has 3 nitrogen and oxygen atoms in total. The Bertz CT molecular complexity index is 138. The van der Waals surface area contributed by atoms with Crippen LogP contribution in [0.25, 0.3) is 0 Å². The lowest BCUT2D eigenvalue weighted by Crippen LogP contribution is -2.44. The van der Waals surface area contributed by atoms with Crippen molar-refractivity contribution in [2.24, 2.45) is 0 Å². The van der Waals surface area contributed by atoms with Crippen LogP contribution in [0.4, 0.5) is 0 Å². The van der Waals surface area contributed by atoms with Gasteiger partial charge in [0.25, 0.3) is 0 Å². The van der Waals surface area contributed by atoms with Crippen LogP contribution < -0.4 is 5.32 Å². The molecule has 1 fully saturated rings. The lowest BCUT2D eigenvalue weighted by Gasteiger charge is -2.23. The second-order valence-corrected chi connectivity index (χ2v) is 3.57. The standard InChI is InChI=1S/C6H11NO2S/c1-4(8)5-6(9)7-2-3-10-5/h4-5,8H,2-3H2,1H3,(H,7,9)/t4-,5-/m1/s1. The predicted octanol–water partition coefficient (Wildman–Crippen LogP) is -0.401. The Morgan fingerprint density at radius 2 is 2.60 bits per heavy atom. The van der Waals surface area contributed by atoms with Crippen LogP contribution in [-0.4, -0.2) is 34.7 Å². The zero-order valence-corrected chi connectivity index (χ0v) is 6.65. The van der Waals surface area contributed by atoms with E-state index in [1.807, 2.05) is 0 Å². The van der Waals surface area contributed by atoms with Gasteiger partial charge in [-0.25, -0.2) is 0 Å². The van der Waals surface area contributed by atoms with E-state index in [9.17, 15) is 4.79 Å². The molecule has 0 aromatic rings. The third kappa shape index (κ3) is 1.64. The minimum Gasteiger partial charge on any atom is -0.392 e. The highest BCUT2D eigenvalue weighted by Crippen LogP contribution is 2.17. The van der Waals surface area contributed by atoms with Gasteiger partial charge in [0.15, 0.2) is 0 Å². The molecule has 0 aliphatic carbocycles. The lowest BCUT2D eigenvalue weighted by atomic mass is 10.2. The molecule has 10 heavy (non-hydrogen) atoms. The van der Waals surface area contributed by atoms with Gasteiger partial charge < -0.3 is 10.4 Å². The molecule has 0 bridgehead atoms. The number of aliphatic hydroxyl groups excluding tert-OH is 1. The zero-order valence-electron chi connectivity index (χ0n) is 5.83. The van der Waals surface area contributed by atoms with Crippen LogP contribution >= 0.6 is 11.8 Å². The minimum atomic E-state index is -0.537. The summed E-state index contributed by atoms with van der Waals surface area (Å²) in [6, 6.07) is 0. The van der Waals surface area contributed by atoms with E-state index < -0.39 is 6.10 Å². The fourth-order valence-corrected chi connectivity index (χ4v) is 1.88. The number of carbonyl (C=O) groups excluding carboxylic acids is 1. The largest absolute Gasteiger partial charge is 0.392 e. The summed E-state index contributed by atoms with van der Waals surface area (Å²) >= 11 is 1.52. The van der Waals surface area contributed by atoms with Gasteiger partial charge in [-0.3, -0.25) is 4.79 Å². The Balaban J connectivity index is 2.48. The van der Waals surface area contributed by atoms with Crippen molar-refractivity contribution >= 4 is 17.7 Å². The highest BCUT2D eigenvalue weighted by atomic mass is 32.2.